The van der Waals surface area contributed by atoms with Gasteiger partial charge < -0.3 is 10.1 Å². The fraction of sp³-hybridized carbons (Fsp3) is 0.143. The van der Waals surface area contributed by atoms with Crippen molar-refractivity contribution in [3.63, 3.8) is 0 Å². The highest BCUT2D eigenvalue weighted by molar-refractivity contribution is 6.31. The number of hydrogen-bond donors (Lipinski definition) is 2. The summed E-state index contributed by atoms with van der Waals surface area (Å²) < 4.78 is 5.35. The fourth-order valence-corrected chi connectivity index (χ4v) is 3.19. The third-order valence-electron chi connectivity index (χ3n) is 5.13. The molecule has 2 N–H and O–H groups in total. The molecule has 0 saturated heterocycles. The van der Waals surface area contributed by atoms with E-state index in [1.807, 2.05) is 0 Å². The standard InChI is InChI=1S/C28H25ClN4O6/c1-28(2,3)27(36)31-22-11-8-19(9-12-22)26(35)32-30-17-20-16-21(29)10-13-24(20)39-25(34)14-7-18-5-4-6-23(15-18)33(37)38/h4-17H,1-3H3,(H,31,36)(H,32,35)/b14-7+,30-17+. The highest BCUT2D eigenvalue weighted by Crippen LogP contribution is 2.22. The molecule has 2 amide bonds. The predicted octanol–water partition coefficient (Wildman–Crippen LogP) is 5.62. The molecule has 11 heteroatoms. The molecule has 3 aromatic carbocycles. The summed E-state index contributed by atoms with van der Waals surface area (Å²) in [6.07, 6.45) is 3.79. The minimum absolute atomic E-state index is 0.105. The summed E-state index contributed by atoms with van der Waals surface area (Å²) in [4.78, 5) is 47.3. The Morgan fingerprint density at radius 3 is 2.41 bits per heavy atom. The Hall–Kier alpha value is -4.83. The first-order valence-corrected chi connectivity index (χ1v) is 12.0. The van der Waals surface area contributed by atoms with Crippen molar-refractivity contribution in [1.82, 2.24) is 5.43 Å². The first-order valence-electron chi connectivity index (χ1n) is 11.6. The molecule has 0 aromatic heterocycles. The molecule has 0 aliphatic rings. The number of esters is 1. The number of carbonyl (C=O) groups is 3. The van der Waals surface area contributed by atoms with Crippen molar-refractivity contribution in [3.8, 4) is 5.75 Å². The zero-order chi connectivity index (χ0) is 28.6. The molecule has 0 unspecified atom stereocenters. The summed E-state index contributed by atoms with van der Waals surface area (Å²) in [5, 5.41) is 18.0. The van der Waals surface area contributed by atoms with Crippen LogP contribution >= 0.6 is 11.6 Å². The highest BCUT2D eigenvalue weighted by atomic mass is 35.5. The van der Waals surface area contributed by atoms with Gasteiger partial charge in [-0.2, -0.15) is 5.10 Å². The molecule has 0 spiro atoms. The number of benzene rings is 3. The second kappa shape index (κ2) is 12.6. The smallest absolute Gasteiger partial charge is 0.336 e. The van der Waals surface area contributed by atoms with E-state index in [-0.39, 0.29) is 17.3 Å². The Labute approximate surface area is 229 Å². The van der Waals surface area contributed by atoms with Gasteiger partial charge >= 0.3 is 5.97 Å². The van der Waals surface area contributed by atoms with Crippen LogP contribution in [0.15, 0.2) is 77.9 Å². The van der Waals surface area contributed by atoms with Crippen LogP contribution in [0, 0.1) is 15.5 Å². The molecule has 0 heterocycles. The molecular formula is C28H25ClN4O6. The van der Waals surface area contributed by atoms with Gasteiger partial charge in [-0.05, 0) is 54.1 Å². The minimum Gasteiger partial charge on any atom is -0.423 e. The second-order valence-corrected chi connectivity index (χ2v) is 9.71. The van der Waals surface area contributed by atoms with Crippen molar-refractivity contribution < 1.29 is 24.0 Å². The van der Waals surface area contributed by atoms with Crippen LogP contribution in [0.1, 0.15) is 42.3 Å². The summed E-state index contributed by atoms with van der Waals surface area (Å²) in [6.45, 7) is 5.39. The Balaban J connectivity index is 1.64. The summed E-state index contributed by atoms with van der Waals surface area (Å²) in [5.41, 5.74) is 3.36. The van der Waals surface area contributed by atoms with Crippen LogP contribution in [0.2, 0.25) is 5.02 Å². The molecule has 200 valence electrons. The van der Waals surface area contributed by atoms with E-state index in [1.165, 1.54) is 48.7 Å². The first kappa shape index (κ1) is 28.7. The number of carbonyl (C=O) groups excluding carboxylic acids is 3. The van der Waals surface area contributed by atoms with Gasteiger partial charge in [-0.15, -0.1) is 0 Å². The molecule has 0 aliphatic heterocycles. The first-order chi connectivity index (χ1) is 18.4. The normalized spacial score (nSPS) is 11.4. The van der Waals surface area contributed by atoms with E-state index in [4.69, 9.17) is 16.3 Å². The van der Waals surface area contributed by atoms with Crippen LogP contribution in [0.5, 0.6) is 5.75 Å². The maximum atomic E-state index is 12.5. The van der Waals surface area contributed by atoms with Gasteiger partial charge in [0.15, 0.2) is 0 Å². The predicted molar refractivity (Wildman–Crippen MR) is 149 cm³/mol. The van der Waals surface area contributed by atoms with Crippen LogP contribution in [0.3, 0.4) is 0 Å². The van der Waals surface area contributed by atoms with E-state index in [2.05, 4.69) is 15.8 Å². The van der Waals surface area contributed by atoms with E-state index in [0.29, 0.717) is 27.4 Å². The molecule has 0 bridgehead atoms. The quantitative estimate of drug-likeness (QED) is 0.0935. The number of rotatable bonds is 8. The topological polar surface area (TPSA) is 140 Å². The van der Waals surface area contributed by atoms with E-state index >= 15 is 0 Å². The monoisotopic (exact) mass is 548 g/mol. The molecule has 39 heavy (non-hydrogen) atoms. The van der Waals surface area contributed by atoms with Crippen molar-refractivity contribution in [3.05, 3.63) is 105 Å². The summed E-state index contributed by atoms with van der Waals surface area (Å²) in [6, 6.07) is 16.6. The van der Waals surface area contributed by atoms with Crippen LogP contribution < -0.4 is 15.5 Å². The number of hydrogen-bond acceptors (Lipinski definition) is 7. The number of nitro benzene ring substituents is 1. The summed E-state index contributed by atoms with van der Waals surface area (Å²) >= 11 is 6.06. The van der Waals surface area contributed by atoms with Crippen molar-refractivity contribution in [2.45, 2.75) is 20.8 Å². The molecule has 10 nitrogen and oxygen atoms in total. The van der Waals surface area contributed by atoms with Crippen molar-refractivity contribution >= 4 is 53.0 Å². The molecule has 0 atom stereocenters. The lowest BCUT2D eigenvalue weighted by molar-refractivity contribution is -0.384. The van der Waals surface area contributed by atoms with Gasteiger partial charge in [0.2, 0.25) is 5.91 Å². The number of hydrazone groups is 1. The zero-order valence-corrected chi connectivity index (χ0v) is 22.1. The van der Waals surface area contributed by atoms with E-state index in [0.717, 1.165) is 6.08 Å². The van der Waals surface area contributed by atoms with Gasteiger partial charge in [-0.3, -0.25) is 19.7 Å². The van der Waals surface area contributed by atoms with Gasteiger partial charge in [-0.1, -0.05) is 44.5 Å². The number of nitro groups is 1. The molecular weight excluding hydrogens is 524 g/mol. The molecule has 0 fully saturated rings. The number of halogens is 1. The maximum absolute atomic E-state index is 12.5. The molecule has 0 radical (unpaired) electrons. The fourth-order valence-electron chi connectivity index (χ4n) is 3.01. The Morgan fingerprint density at radius 1 is 1.03 bits per heavy atom. The Morgan fingerprint density at radius 2 is 1.74 bits per heavy atom. The number of nitrogens with zero attached hydrogens (tertiary/aromatic N) is 2. The largest absolute Gasteiger partial charge is 0.423 e. The molecule has 0 saturated carbocycles. The average molecular weight is 549 g/mol. The lowest BCUT2D eigenvalue weighted by Gasteiger charge is -2.17. The second-order valence-electron chi connectivity index (χ2n) is 9.27. The highest BCUT2D eigenvalue weighted by Gasteiger charge is 2.21. The molecule has 3 aromatic rings. The van der Waals surface area contributed by atoms with E-state index < -0.39 is 22.2 Å². The van der Waals surface area contributed by atoms with Crippen LogP contribution in [-0.4, -0.2) is 28.9 Å². The number of ether oxygens (including phenoxy) is 1. The van der Waals surface area contributed by atoms with Crippen molar-refractivity contribution in [1.29, 1.82) is 0 Å². The number of anilines is 1. The lowest BCUT2D eigenvalue weighted by atomic mass is 9.95. The summed E-state index contributed by atoms with van der Waals surface area (Å²) in [7, 11) is 0. The Bertz CT molecular complexity index is 1460. The van der Waals surface area contributed by atoms with Gasteiger partial charge in [0, 0.05) is 45.5 Å². The van der Waals surface area contributed by atoms with Gasteiger partial charge in [0.05, 0.1) is 11.1 Å². The average Bonchev–Trinajstić information content (AvgIpc) is 2.89. The van der Waals surface area contributed by atoms with E-state index in [1.54, 1.807) is 51.1 Å². The SMILES string of the molecule is CC(C)(C)C(=O)Nc1ccc(C(=O)N/N=C/c2cc(Cl)ccc2OC(=O)/C=C/c2cccc([N+](=O)[O-])c2)cc1. The minimum atomic E-state index is -0.735. The third kappa shape index (κ3) is 8.61. The number of nitrogens with one attached hydrogen (secondary N) is 2. The number of amides is 2. The molecule has 0 aliphatic carbocycles. The van der Waals surface area contributed by atoms with Gasteiger partial charge in [0.1, 0.15) is 5.75 Å². The van der Waals surface area contributed by atoms with E-state index in [9.17, 15) is 24.5 Å². The summed E-state index contributed by atoms with van der Waals surface area (Å²) in [5.74, 6) is -1.26. The van der Waals surface area contributed by atoms with Crippen molar-refractivity contribution in [2.75, 3.05) is 5.32 Å². The third-order valence-corrected chi connectivity index (χ3v) is 5.37. The molecule has 3 rings (SSSR count). The van der Waals surface area contributed by atoms with Crippen LogP contribution in [0.4, 0.5) is 11.4 Å². The maximum Gasteiger partial charge on any atom is 0.336 e. The van der Waals surface area contributed by atoms with Gasteiger partial charge in [-0.25, -0.2) is 10.2 Å². The zero-order valence-electron chi connectivity index (χ0n) is 21.3. The lowest BCUT2D eigenvalue weighted by Crippen LogP contribution is -2.27. The number of non-ortho nitro benzene ring substituents is 1. The van der Waals surface area contributed by atoms with Gasteiger partial charge in [0.25, 0.3) is 11.6 Å². The van der Waals surface area contributed by atoms with Crippen LogP contribution in [0.25, 0.3) is 6.08 Å². The van der Waals surface area contributed by atoms with Crippen LogP contribution in [-0.2, 0) is 9.59 Å². The Kier molecular flexibility index (Phi) is 9.29. The van der Waals surface area contributed by atoms with Crippen molar-refractivity contribution in [2.24, 2.45) is 10.5 Å².